The standard InChI is InChI=1S/C31H28ClN3O3/c1-38-25-16-8-21(9-17-25)19-29(36)34(24-14-15-24)20-30(37)35-27-6-3-2-5-26(27)33-18-4-7-28(33)31(35)22-10-12-23(32)13-11-22/h2-13,16-18,24,31H,14-15,19-20H2,1H3. The topological polar surface area (TPSA) is 54.8 Å². The van der Waals surface area contributed by atoms with Crippen LogP contribution >= 0.6 is 11.6 Å². The second-order valence-corrected chi connectivity index (χ2v) is 10.2. The van der Waals surface area contributed by atoms with Gasteiger partial charge in [0, 0.05) is 17.3 Å². The largest absolute Gasteiger partial charge is 0.497 e. The molecular weight excluding hydrogens is 498 g/mol. The zero-order valence-electron chi connectivity index (χ0n) is 21.1. The number of ether oxygens (including phenoxy) is 1. The van der Waals surface area contributed by atoms with E-state index in [1.54, 1.807) is 12.0 Å². The third-order valence-corrected chi connectivity index (χ3v) is 7.55. The SMILES string of the molecule is COc1ccc(CC(=O)N(CC(=O)N2c3ccccc3-n3cccc3C2c2ccc(Cl)cc2)C2CC2)cc1. The number of amides is 2. The minimum atomic E-state index is -0.345. The first kappa shape index (κ1) is 24.3. The summed E-state index contributed by atoms with van der Waals surface area (Å²) in [6.45, 7) is 0.0266. The Morgan fingerprint density at radius 1 is 0.921 bits per heavy atom. The highest BCUT2D eigenvalue weighted by Crippen LogP contribution is 2.42. The van der Waals surface area contributed by atoms with Crippen LogP contribution in [-0.2, 0) is 16.0 Å². The summed E-state index contributed by atoms with van der Waals surface area (Å²) in [5.41, 5.74) is 4.60. The summed E-state index contributed by atoms with van der Waals surface area (Å²) in [5, 5.41) is 0.641. The molecule has 1 fully saturated rings. The number of nitrogens with zero attached hydrogens (tertiary/aromatic N) is 3. The highest BCUT2D eigenvalue weighted by atomic mass is 35.5. The molecular formula is C31H28ClN3O3. The Kier molecular flexibility index (Phi) is 6.42. The summed E-state index contributed by atoms with van der Waals surface area (Å²) >= 11 is 6.20. The average molecular weight is 526 g/mol. The number of aromatic nitrogens is 1. The van der Waals surface area contributed by atoms with Gasteiger partial charge in [0.1, 0.15) is 18.3 Å². The van der Waals surface area contributed by atoms with E-state index in [0.717, 1.165) is 46.8 Å². The molecule has 0 spiro atoms. The molecule has 0 radical (unpaired) electrons. The summed E-state index contributed by atoms with van der Waals surface area (Å²) < 4.78 is 7.37. The summed E-state index contributed by atoms with van der Waals surface area (Å²) in [7, 11) is 1.62. The normalized spacial score (nSPS) is 15.9. The molecule has 0 saturated heterocycles. The lowest BCUT2D eigenvalue weighted by Crippen LogP contribution is -2.47. The number of benzene rings is 3. The Morgan fingerprint density at radius 2 is 1.63 bits per heavy atom. The van der Waals surface area contributed by atoms with Gasteiger partial charge in [-0.2, -0.15) is 0 Å². The predicted octanol–water partition coefficient (Wildman–Crippen LogP) is 5.81. The van der Waals surface area contributed by atoms with E-state index < -0.39 is 0 Å². The molecule has 3 aromatic carbocycles. The summed E-state index contributed by atoms with van der Waals surface area (Å²) in [5.74, 6) is 0.597. The van der Waals surface area contributed by atoms with Crippen molar-refractivity contribution in [1.82, 2.24) is 9.47 Å². The number of hydrogen-bond donors (Lipinski definition) is 0. The van der Waals surface area contributed by atoms with Crippen LogP contribution in [0.5, 0.6) is 5.75 Å². The number of para-hydroxylation sites is 2. The molecule has 1 aliphatic carbocycles. The zero-order chi connectivity index (χ0) is 26.2. The summed E-state index contributed by atoms with van der Waals surface area (Å²) in [6.07, 6.45) is 4.10. The first-order chi connectivity index (χ1) is 18.5. The molecule has 2 amide bonds. The maximum absolute atomic E-state index is 14.2. The van der Waals surface area contributed by atoms with E-state index in [1.165, 1.54) is 0 Å². The fourth-order valence-electron chi connectivity index (χ4n) is 5.27. The van der Waals surface area contributed by atoms with Crippen molar-refractivity contribution >= 4 is 29.1 Å². The van der Waals surface area contributed by atoms with Crippen molar-refractivity contribution in [3.63, 3.8) is 0 Å². The number of rotatable bonds is 7. The van der Waals surface area contributed by atoms with Gasteiger partial charge in [-0.15, -0.1) is 0 Å². The van der Waals surface area contributed by atoms with E-state index in [9.17, 15) is 9.59 Å². The minimum absolute atomic E-state index is 0.0266. The molecule has 4 aromatic rings. The van der Waals surface area contributed by atoms with Crippen LogP contribution < -0.4 is 9.64 Å². The first-order valence-electron chi connectivity index (χ1n) is 12.8. The lowest BCUT2D eigenvalue weighted by Gasteiger charge is -2.39. The van der Waals surface area contributed by atoms with Gasteiger partial charge in [-0.1, -0.05) is 48.0 Å². The number of halogens is 1. The van der Waals surface area contributed by atoms with Crippen LogP contribution in [0.1, 0.15) is 35.7 Å². The van der Waals surface area contributed by atoms with Crippen molar-refractivity contribution in [2.24, 2.45) is 0 Å². The molecule has 1 aliphatic heterocycles. The molecule has 1 aromatic heterocycles. The highest BCUT2D eigenvalue weighted by molar-refractivity contribution is 6.30. The zero-order valence-corrected chi connectivity index (χ0v) is 21.8. The van der Waals surface area contributed by atoms with Crippen molar-refractivity contribution in [3.8, 4) is 11.4 Å². The molecule has 7 heteroatoms. The fourth-order valence-corrected chi connectivity index (χ4v) is 5.40. The maximum atomic E-state index is 14.2. The summed E-state index contributed by atoms with van der Waals surface area (Å²) in [6, 6.07) is 26.8. The Balaban J connectivity index is 1.33. The van der Waals surface area contributed by atoms with Gasteiger partial charge in [0.05, 0.1) is 30.6 Å². The van der Waals surface area contributed by atoms with Crippen molar-refractivity contribution in [2.45, 2.75) is 31.3 Å². The van der Waals surface area contributed by atoms with Crippen LogP contribution in [0, 0.1) is 0 Å². The van der Waals surface area contributed by atoms with Crippen molar-refractivity contribution in [2.75, 3.05) is 18.6 Å². The van der Waals surface area contributed by atoms with E-state index in [-0.39, 0.29) is 36.9 Å². The third-order valence-electron chi connectivity index (χ3n) is 7.30. The molecule has 6 nitrogen and oxygen atoms in total. The molecule has 1 unspecified atom stereocenters. The van der Waals surface area contributed by atoms with Crippen molar-refractivity contribution in [3.05, 3.63) is 113 Å². The second kappa shape index (κ2) is 10.0. The molecule has 0 N–H and O–H groups in total. The summed E-state index contributed by atoms with van der Waals surface area (Å²) in [4.78, 5) is 31.3. The number of fused-ring (bicyclic) bond motifs is 3. The van der Waals surface area contributed by atoms with Crippen LogP contribution in [0.25, 0.3) is 5.69 Å². The molecule has 0 bridgehead atoms. The van der Waals surface area contributed by atoms with E-state index in [0.29, 0.717) is 5.02 Å². The van der Waals surface area contributed by atoms with Crippen LogP contribution in [0.15, 0.2) is 91.1 Å². The van der Waals surface area contributed by atoms with Gasteiger partial charge >= 0.3 is 0 Å². The molecule has 2 heterocycles. The van der Waals surface area contributed by atoms with Crippen LogP contribution in [0.2, 0.25) is 5.02 Å². The van der Waals surface area contributed by atoms with E-state index >= 15 is 0 Å². The smallest absolute Gasteiger partial charge is 0.247 e. The number of anilines is 1. The Labute approximate surface area is 227 Å². The molecule has 1 saturated carbocycles. The Bertz CT molecular complexity index is 1480. The molecule has 1 atom stereocenters. The highest BCUT2D eigenvalue weighted by Gasteiger charge is 2.39. The molecule has 6 rings (SSSR count). The van der Waals surface area contributed by atoms with E-state index in [4.69, 9.17) is 16.3 Å². The van der Waals surface area contributed by atoms with Gasteiger partial charge in [-0.3, -0.25) is 14.5 Å². The van der Waals surface area contributed by atoms with Gasteiger partial charge < -0.3 is 14.2 Å². The van der Waals surface area contributed by atoms with E-state index in [1.807, 2.05) is 96.0 Å². The molecule has 2 aliphatic rings. The quantitative estimate of drug-likeness (QED) is 0.306. The first-order valence-corrected chi connectivity index (χ1v) is 13.2. The predicted molar refractivity (Wildman–Crippen MR) is 148 cm³/mol. The minimum Gasteiger partial charge on any atom is -0.497 e. The van der Waals surface area contributed by atoms with Gasteiger partial charge in [-0.05, 0) is 72.5 Å². The van der Waals surface area contributed by atoms with Crippen LogP contribution in [-0.4, -0.2) is 41.0 Å². The van der Waals surface area contributed by atoms with Crippen molar-refractivity contribution in [1.29, 1.82) is 0 Å². The molecule has 192 valence electrons. The number of hydrogen-bond acceptors (Lipinski definition) is 3. The van der Waals surface area contributed by atoms with Crippen molar-refractivity contribution < 1.29 is 14.3 Å². The van der Waals surface area contributed by atoms with Crippen LogP contribution in [0.4, 0.5) is 5.69 Å². The maximum Gasteiger partial charge on any atom is 0.247 e. The van der Waals surface area contributed by atoms with Gasteiger partial charge in [0.25, 0.3) is 0 Å². The monoisotopic (exact) mass is 525 g/mol. The third kappa shape index (κ3) is 4.56. The number of carbonyl (C=O) groups excluding carboxylic acids is 2. The van der Waals surface area contributed by atoms with Crippen LogP contribution in [0.3, 0.4) is 0 Å². The van der Waals surface area contributed by atoms with Gasteiger partial charge in [0.2, 0.25) is 11.8 Å². The number of carbonyl (C=O) groups is 2. The Morgan fingerprint density at radius 3 is 2.32 bits per heavy atom. The van der Waals surface area contributed by atoms with E-state index in [2.05, 4.69) is 4.57 Å². The fraction of sp³-hybridized carbons (Fsp3) is 0.226. The lowest BCUT2D eigenvalue weighted by atomic mass is 9.97. The van der Waals surface area contributed by atoms with Gasteiger partial charge in [0.15, 0.2) is 0 Å². The molecule has 38 heavy (non-hydrogen) atoms. The number of methoxy groups -OCH3 is 1. The Hall–Kier alpha value is -4.03. The van der Waals surface area contributed by atoms with Gasteiger partial charge in [-0.25, -0.2) is 0 Å². The average Bonchev–Trinajstić information content (AvgIpc) is 3.66. The lowest BCUT2D eigenvalue weighted by molar-refractivity contribution is -0.135. The second-order valence-electron chi connectivity index (χ2n) is 9.79.